The van der Waals surface area contributed by atoms with Gasteiger partial charge in [0.05, 0.1) is 6.61 Å². The summed E-state index contributed by atoms with van der Waals surface area (Å²) in [5, 5.41) is 0. The molecule has 1 atom stereocenters. The topological polar surface area (TPSA) is 61.8 Å². The molecule has 0 aromatic rings. The van der Waals surface area contributed by atoms with Crippen LogP contribution in [-0.4, -0.2) is 37.9 Å². The fourth-order valence-corrected chi connectivity index (χ4v) is 6.20. The van der Waals surface area contributed by atoms with Gasteiger partial charge >= 0.3 is 11.9 Å². The summed E-state index contributed by atoms with van der Waals surface area (Å²) < 4.78 is 17.2. The van der Waals surface area contributed by atoms with Gasteiger partial charge in [-0.25, -0.2) is 0 Å². The van der Waals surface area contributed by atoms with Gasteiger partial charge in [-0.3, -0.25) is 9.59 Å². The first-order chi connectivity index (χ1) is 27.6. The molecular weight excluding hydrogens is 693 g/mol. The molecule has 0 spiro atoms. The van der Waals surface area contributed by atoms with Gasteiger partial charge in [-0.2, -0.15) is 0 Å². The Morgan fingerprint density at radius 3 is 1.41 bits per heavy atom. The summed E-state index contributed by atoms with van der Waals surface area (Å²) in [6.45, 7) is 7.57. The minimum Gasteiger partial charge on any atom is -0.462 e. The molecular formula is C51H88O5. The molecule has 0 aromatic heterocycles. The molecule has 0 saturated heterocycles. The van der Waals surface area contributed by atoms with Crippen LogP contribution in [0.4, 0.5) is 0 Å². The second-order valence-electron chi connectivity index (χ2n) is 15.3. The van der Waals surface area contributed by atoms with E-state index < -0.39 is 6.10 Å². The normalized spacial score (nSPS) is 12.8. The zero-order valence-electron chi connectivity index (χ0n) is 36.9. The average molecular weight is 781 g/mol. The van der Waals surface area contributed by atoms with Crippen LogP contribution in [-0.2, 0) is 23.8 Å². The van der Waals surface area contributed by atoms with Gasteiger partial charge in [-0.1, -0.05) is 184 Å². The van der Waals surface area contributed by atoms with Crippen LogP contribution < -0.4 is 0 Å². The number of esters is 2. The minimum absolute atomic E-state index is 0.0396. The molecule has 0 aliphatic heterocycles. The molecule has 0 N–H and O–H groups in total. The van der Waals surface area contributed by atoms with Gasteiger partial charge in [-0.05, 0) is 89.9 Å². The van der Waals surface area contributed by atoms with Crippen molar-refractivity contribution in [1.82, 2.24) is 0 Å². The number of allylic oxidation sites excluding steroid dienone is 12. The highest BCUT2D eigenvalue weighted by atomic mass is 16.6. The van der Waals surface area contributed by atoms with Crippen molar-refractivity contribution in [2.45, 2.75) is 219 Å². The lowest BCUT2D eigenvalue weighted by Crippen LogP contribution is -2.30. The predicted octanol–water partition coefficient (Wildman–Crippen LogP) is 15.6. The Kier molecular flexibility index (Phi) is 44.5. The summed E-state index contributed by atoms with van der Waals surface area (Å²) in [6, 6.07) is 0. The molecule has 0 rings (SSSR count). The lowest BCUT2D eigenvalue weighted by atomic mass is 10.1. The molecule has 322 valence electrons. The van der Waals surface area contributed by atoms with Crippen LogP contribution in [0.5, 0.6) is 0 Å². The summed E-state index contributed by atoms with van der Waals surface area (Å²) in [5.74, 6) is -0.507. The van der Waals surface area contributed by atoms with Crippen molar-refractivity contribution in [3.8, 4) is 0 Å². The first-order valence-corrected chi connectivity index (χ1v) is 23.5. The molecule has 1 unspecified atom stereocenters. The van der Waals surface area contributed by atoms with Crippen molar-refractivity contribution in [3.05, 3.63) is 72.9 Å². The van der Waals surface area contributed by atoms with Crippen molar-refractivity contribution in [2.24, 2.45) is 0 Å². The monoisotopic (exact) mass is 781 g/mol. The highest BCUT2D eigenvalue weighted by Crippen LogP contribution is 2.12. The third-order valence-corrected chi connectivity index (χ3v) is 9.71. The maximum atomic E-state index is 12.7. The Morgan fingerprint density at radius 1 is 0.411 bits per heavy atom. The highest BCUT2D eigenvalue weighted by Gasteiger charge is 2.17. The van der Waals surface area contributed by atoms with Gasteiger partial charge in [0.15, 0.2) is 6.10 Å². The van der Waals surface area contributed by atoms with Crippen LogP contribution in [0.1, 0.15) is 213 Å². The maximum Gasteiger partial charge on any atom is 0.306 e. The van der Waals surface area contributed by atoms with E-state index in [1.165, 1.54) is 109 Å². The molecule has 0 aromatic carbocycles. The van der Waals surface area contributed by atoms with E-state index in [0.717, 1.165) is 64.2 Å². The van der Waals surface area contributed by atoms with Gasteiger partial charge in [0.25, 0.3) is 0 Å². The molecule has 0 aliphatic rings. The van der Waals surface area contributed by atoms with Crippen molar-refractivity contribution >= 4 is 11.9 Å². The van der Waals surface area contributed by atoms with Gasteiger partial charge in [0.1, 0.15) is 6.61 Å². The zero-order chi connectivity index (χ0) is 40.7. The fourth-order valence-electron chi connectivity index (χ4n) is 6.20. The summed E-state index contributed by atoms with van der Waals surface area (Å²) in [4.78, 5) is 25.2. The minimum atomic E-state index is -0.572. The molecule has 0 heterocycles. The Hall–Kier alpha value is -2.66. The zero-order valence-corrected chi connectivity index (χ0v) is 36.9. The Labute approximate surface area is 347 Å². The number of hydrogen-bond donors (Lipinski definition) is 0. The lowest BCUT2D eigenvalue weighted by molar-refractivity contribution is -0.162. The molecule has 0 aliphatic carbocycles. The van der Waals surface area contributed by atoms with E-state index in [4.69, 9.17) is 14.2 Å². The number of unbranched alkanes of at least 4 members (excludes halogenated alkanes) is 19. The summed E-state index contributed by atoms with van der Waals surface area (Å²) in [7, 11) is 0. The average Bonchev–Trinajstić information content (AvgIpc) is 3.20. The van der Waals surface area contributed by atoms with E-state index in [1.54, 1.807) is 0 Å². The third kappa shape index (κ3) is 44.1. The Balaban J connectivity index is 4.35. The van der Waals surface area contributed by atoms with Crippen LogP contribution >= 0.6 is 0 Å². The molecule has 0 saturated carbocycles. The largest absolute Gasteiger partial charge is 0.462 e. The maximum absolute atomic E-state index is 12.7. The summed E-state index contributed by atoms with van der Waals surface area (Å²) in [5.41, 5.74) is 0. The van der Waals surface area contributed by atoms with E-state index in [-0.39, 0.29) is 25.2 Å². The van der Waals surface area contributed by atoms with Crippen molar-refractivity contribution in [1.29, 1.82) is 0 Å². The van der Waals surface area contributed by atoms with Crippen molar-refractivity contribution in [2.75, 3.05) is 19.8 Å². The van der Waals surface area contributed by atoms with E-state index >= 15 is 0 Å². The van der Waals surface area contributed by atoms with E-state index in [1.807, 2.05) is 6.08 Å². The van der Waals surface area contributed by atoms with Gasteiger partial charge in [0.2, 0.25) is 0 Å². The van der Waals surface area contributed by atoms with Crippen molar-refractivity contribution < 1.29 is 23.8 Å². The van der Waals surface area contributed by atoms with Gasteiger partial charge < -0.3 is 14.2 Å². The van der Waals surface area contributed by atoms with Gasteiger partial charge in [0, 0.05) is 19.4 Å². The highest BCUT2D eigenvalue weighted by molar-refractivity contribution is 5.70. The molecule has 5 nitrogen and oxygen atoms in total. The van der Waals surface area contributed by atoms with Crippen LogP contribution in [0.3, 0.4) is 0 Å². The first kappa shape index (κ1) is 53.3. The summed E-state index contributed by atoms with van der Waals surface area (Å²) in [6.07, 6.45) is 59.2. The first-order valence-electron chi connectivity index (χ1n) is 23.5. The third-order valence-electron chi connectivity index (χ3n) is 9.71. The van der Waals surface area contributed by atoms with Crippen LogP contribution in [0.25, 0.3) is 0 Å². The number of ether oxygens (including phenoxy) is 3. The predicted molar refractivity (Wildman–Crippen MR) is 242 cm³/mol. The Bertz CT molecular complexity index is 1020. The number of carbonyl (C=O) groups excluding carboxylic acids is 2. The van der Waals surface area contributed by atoms with Gasteiger partial charge in [-0.15, -0.1) is 0 Å². The lowest BCUT2D eigenvalue weighted by Gasteiger charge is -2.18. The van der Waals surface area contributed by atoms with Crippen molar-refractivity contribution in [3.63, 3.8) is 0 Å². The molecule has 0 radical (unpaired) electrons. The van der Waals surface area contributed by atoms with E-state index in [2.05, 4.69) is 87.6 Å². The molecule has 5 heteroatoms. The SMILES string of the molecule is CC/C=C\C/C=C\C/C=C\C/C=C\CCC(=O)OCC(COCCCCCCCC/C=C\CCCCCCCC)OC(=O)CCCCCCC/C=C\CCCC. The second-order valence-corrected chi connectivity index (χ2v) is 15.3. The van der Waals surface area contributed by atoms with Crippen LogP contribution in [0.15, 0.2) is 72.9 Å². The molecule has 56 heavy (non-hydrogen) atoms. The molecule has 0 amide bonds. The molecule has 0 fully saturated rings. The van der Waals surface area contributed by atoms with Crippen LogP contribution in [0, 0.1) is 0 Å². The van der Waals surface area contributed by atoms with Crippen LogP contribution in [0.2, 0.25) is 0 Å². The fraction of sp³-hybridized carbons (Fsp3) is 0.725. The number of carbonyl (C=O) groups is 2. The number of rotatable bonds is 42. The second kappa shape index (κ2) is 46.7. The Morgan fingerprint density at radius 2 is 0.857 bits per heavy atom. The van der Waals surface area contributed by atoms with E-state index in [9.17, 15) is 9.59 Å². The summed E-state index contributed by atoms with van der Waals surface area (Å²) >= 11 is 0. The smallest absolute Gasteiger partial charge is 0.306 e. The number of hydrogen-bond acceptors (Lipinski definition) is 5. The molecule has 0 bridgehead atoms. The van der Waals surface area contributed by atoms with E-state index in [0.29, 0.717) is 25.9 Å². The standard InChI is InChI=1S/C51H88O5/c1-4-7-10-13-16-19-22-24-25-26-28-31-34-37-40-43-46-54-47-49(56-51(53)45-42-39-36-33-29-21-18-15-12-9-6-3)48-55-50(52)44-41-38-35-32-30-27-23-20-17-14-11-8-5-2/h8,11,15,17-18,20,24-25,27,30,35,38,49H,4-7,9-10,12-14,16,19,21-23,26,28-29,31-34,36-37,39-48H2,1-3H3/b11-8-,18-15-,20-17-,25-24-,30-27-,38-35-. The quantitative estimate of drug-likeness (QED) is 0.0351.